The second kappa shape index (κ2) is 12.7. The van der Waals surface area contributed by atoms with Crippen molar-refractivity contribution >= 4 is 22.6 Å². The summed E-state index contributed by atoms with van der Waals surface area (Å²) in [4.78, 5) is 14.9. The fourth-order valence-electron chi connectivity index (χ4n) is 4.73. The van der Waals surface area contributed by atoms with Gasteiger partial charge in [-0.3, -0.25) is 9.52 Å². The van der Waals surface area contributed by atoms with Gasteiger partial charge in [0, 0.05) is 31.3 Å². The average molecular weight is 481 g/mol. The van der Waals surface area contributed by atoms with Gasteiger partial charge in [0.05, 0.1) is 26.0 Å². The maximum atomic E-state index is 12.7. The van der Waals surface area contributed by atoms with Crippen LogP contribution in [0.5, 0.6) is 5.75 Å². The molecule has 1 aliphatic heterocycles. The van der Waals surface area contributed by atoms with Crippen LogP contribution in [-0.2, 0) is 20.5 Å². The van der Waals surface area contributed by atoms with Crippen molar-refractivity contribution in [3.8, 4) is 5.75 Å². The second-order valence-electron chi connectivity index (χ2n) is 9.46. The Morgan fingerprint density at radius 1 is 1.27 bits per heavy atom. The van der Waals surface area contributed by atoms with Crippen LogP contribution in [0.4, 0.5) is 5.69 Å². The molecule has 1 N–H and O–H groups in total. The standard InChI is InChI=1S/C25H40N2O5S/c1-5-7-18(2)17-33(29)26-25(28)20-10-11-23(30-4)22(14-20)27(3)16-21-9-8-19(21)15-24-31-12-6-13-32-24/h10-11,14,18-19,21,24H,5-9,12-13,15-17H2,1-4H3,(H,26,28). The highest BCUT2D eigenvalue weighted by Gasteiger charge is 2.35. The van der Waals surface area contributed by atoms with Crippen LogP contribution in [-0.4, -0.2) is 56.1 Å². The minimum atomic E-state index is -1.38. The zero-order valence-electron chi connectivity index (χ0n) is 20.5. The molecule has 0 aromatic heterocycles. The van der Waals surface area contributed by atoms with E-state index >= 15 is 0 Å². The van der Waals surface area contributed by atoms with Gasteiger partial charge in [-0.2, -0.15) is 0 Å². The fraction of sp³-hybridized carbons (Fsp3) is 0.720. The van der Waals surface area contributed by atoms with Crippen molar-refractivity contribution in [1.29, 1.82) is 0 Å². The van der Waals surface area contributed by atoms with E-state index in [0.717, 1.165) is 56.9 Å². The summed E-state index contributed by atoms with van der Waals surface area (Å²) in [5.41, 5.74) is 1.36. The van der Waals surface area contributed by atoms with E-state index in [-0.39, 0.29) is 12.2 Å². The summed E-state index contributed by atoms with van der Waals surface area (Å²) < 4.78 is 32.1. The molecule has 186 valence electrons. The molecule has 2 aliphatic rings. The van der Waals surface area contributed by atoms with Crippen LogP contribution in [0.3, 0.4) is 0 Å². The molecule has 1 aliphatic carbocycles. The van der Waals surface area contributed by atoms with E-state index < -0.39 is 11.0 Å². The number of carbonyl (C=O) groups excluding carboxylic acids is 1. The first-order valence-electron chi connectivity index (χ1n) is 12.2. The third-order valence-electron chi connectivity index (χ3n) is 6.75. The highest BCUT2D eigenvalue weighted by molar-refractivity contribution is 7.83. The van der Waals surface area contributed by atoms with E-state index in [9.17, 15) is 9.00 Å². The van der Waals surface area contributed by atoms with Gasteiger partial charge < -0.3 is 19.1 Å². The van der Waals surface area contributed by atoms with E-state index in [1.807, 2.05) is 19.2 Å². The smallest absolute Gasteiger partial charge is 0.263 e. The number of hydrogen-bond donors (Lipinski definition) is 1. The number of nitrogens with one attached hydrogen (secondary N) is 1. The van der Waals surface area contributed by atoms with E-state index in [1.54, 1.807) is 13.2 Å². The highest BCUT2D eigenvalue weighted by atomic mass is 32.2. The molecule has 1 aromatic carbocycles. The zero-order chi connectivity index (χ0) is 23.8. The predicted molar refractivity (Wildman–Crippen MR) is 132 cm³/mol. The zero-order valence-corrected chi connectivity index (χ0v) is 21.3. The number of ether oxygens (including phenoxy) is 3. The van der Waals surface area contributed by atoms with Crippen LogP contribution < -0.4 is 14.4 Å². The second-order valence-corrected chi connectivity index (χ2v) is 10.7. The van der Waals surface area contributed by atoms with Crippen molar-refractivity contribution in [2.45, 2.75) is 58.7 Å². The number of amides is 1. The first-order valence-corrected chi connectivity index (χ1v) is 13.5. The van der Waals surface area contributed by atoms with Gasteiger partial charge in [-0.1, -0.05) is 26.7 Å². The molecular weight excluding hydrogens is 440 g/mol. The number of carbonyl (C=O) groups is 1. The van der Waals surface area contributed by atoms with E-state index in [0.29, 0.717) is 29.1 Å². The van der Waals surface area contributed by atoms with Crippen LogP contribution in [0.2, 0.25) is 0 Å². The Hall–Kier alpha value is -1.64. The molecule has 1 amide bonds. The Bertz CT molecular complexity index is 799. The van der Waals surface area contributed by atoms with Gasteiger partial charge in [-0.15, -0.1) is 0 Å². The van der Waals surface area contributed by atoms with E-state index in [4.69, 9.17) is 14.2 Å². The molecule has 8 heteroatoms. The van der Waals surface area contributed by atoms with E-state index in [2.05, 4.69) is 23.5 Å². The third kappa shape index (κ3) is 7.42. The Kier molecular flexibility index (Phi) is 10.0. The number of methoxy groups -OCH3 is 1. The van der Waals surface area contributed by atoms with Crippen LogP contribution >= 0.6 is 0 Å². The highest BCUT2D eigenvalue weighted by Crippen LogP contribution is 2.40. The first-order chi connectivity index (χ1) is 15.9. The van der Waals surface area contributed by atoms with Crippen molar-refractivity contribution in [1.82, 2.24) is 4.72 Å². The molecule has 1 aromatic rings. The van der Waals surface area contributed by atoms with Gasteiger partial charge in [0.15, 0.2) is 6.29 Å². The lowest BCUT2D eigenvalue weighted by atomic mass is 9.71. The van der Waals surface area contributed by atoms with Gasteiger partial charge in [0.2, 0.25) is 0 Å². The lowest BCUT2D eigenvalue weighted by molar-refractivity contribution is -0.192. The van der Waals surface area contributed by atoms with Gasteiger partial charge in [0.1, 0.15) is 16.7 Å². The molecule has 1 saturated carbocycles. The molecule has 0 spiro atoms. The quantitative estimate of drug-likeness (QED) is 0.485. The number of anilines is 1. The molecule has 3 rings (SSSR count). The van der Waals surface area contributed by atoms with Gasteiger partial charge in [0.25, 0.3) is 5.91 Å². The largest absolute Gasteiger partial charge is 0.495 e. The molecule has 33 heavy (non-hydrogen) atoms. The van der Waals surface area contributed by atoms with Crippen molar-refractivity contribution in [3.05, 3.63) is 23.8 Å². The van der Waals surface area contributed by atoms with Gasteiger partial charge in [-0.25, -0.2) is 4.21 Å². The lowest BCUT2D eigenvalue weighted by Gasteiger charge is -2.41. The summed E-state index contributed by atoms with van der Waals surface area (Å²) in [5, 5.41) is 0. The number of nitrogens with zero attached hydrogens (tertiary/aromatic N) is 1. The van der Waals surface area contributed by atoms with E-state index in [1.165, 1.54) is 12.8 Å². The maximum absolute atomic E-state index is 12.7. The number of benzene rings is 1. The number of rotatable bonds is 12. The van der Waals surface area contributed by atoms with Gasteiger partial charge in [-0.05, 0) is 55.2 Å². The van der Waals surface area contributed by atoms with Crippen LogP contribution in [0.25, 0.3) is 0 Å². The normalized spacial score (nSPS) is 22.8. The number of hydrogen-bond acceptors (Lipinski definition) is 6. The molecule has 2 fully saturated rings. The minimum Gasteiger partial charge on any atom is -0.495 e. The van der Waals surface area contributed by atoms with Crippen LogP contribution in [0.1, 0.15) is 62.7 Å². The topological polar surface area (TPSA) is 77.1 Å². The summed E-state index contributed by atoms with van der Waals surface area (Å²) in [6.07, 6.45) is 6.27. The molecule has 4 unspecified atom stereocenters. The summed E-state index contributed by atoms with van der Waals surface area (Å²) in [6, 6.07) is 5.37. The van der Waals surface area contributed by atoms with Crippen molar-refractivity contribution in [2.75, 3.05) is 44.6 Å². The molecule has 1 saturated heterocycles. The Balaban J connectivity index is 1.60. The molecule has 1 heterocycles. The van der Waals surface area contributed by atoms with Crippen molar-refractivity contribution < 1.29 is 23.2 Å². The van der Waals surface area contributed by atoms with Gasteiger partial charge >= 0.3 is 0 Å². The molecule has 7 nitrogen and oxygen atoms in total. The Labute approximate surface area is 201 Å². The fourth-order valence-corrected chi connectivity index (χ4v) is 5.82. The summed E-state index contributed by atoms with van der Waals surface area (Å²) >= 11 is 0. The Morgan fingerprint density at radius 3 is 2.64 bits per heavy atom. The summed E-state index contributed by atoms with van der Waals surface area (Å²) in [7, 11) is 2.29. The maximum Gasteiger partial charge on any atom is 0.263 e. The van der Waals surface area contributed by atoms with Crippen LogP contribution in [0.15, 0.2) is 18.2 Å². The van der Waals surface area contributed by atoms with Crippen LogP contribution in [0, 0.1) is 17.8 Å². The molecule has 0 radical (unpaired) electrons. The first kappa shape index (κ1) is 26.0. The summed E-state index contributed by atoms with van der Waals surface area (Å²) in [5.74, 6) is 2.33. The van der Waals surface area contributed by atoms with Crippen molar-refractivity contribution in [2.24, 2.45) is 17.8 Å². The molecule has 0 bridgehead atoms. The Morgan fingerprint density at radius 2 is 2.00 bits per heavy atom. The minimum absolute atomic E-state index is 0.0701. The SMILES string of the molecule is CCCC(C)CS(=O)NC(=O)c1ccc(OC)c(N(C)CC2CCC2CC2OCCCO2)c1. The average Bonchev–Trinajstić information content (AvgIpc) is 2.80. The van der Waals surface area contributed by atoms with Crippen molar-refractivity contribution in [3.63, 3.8) is 0 Å². The lowest BCUT2D eigenvalue weighted by Crippen LogP contribution is -2.39. The predicted octanol–water partition coefficient (Wildman–Crippen LogP) is 4.14. The monoisotopic (exact) mass is 480 g/mol. The molecular formula is C25H40N2O5S. The third-order valence-corrected chi connectivity index (χ3v) is 8.04. The molecule has 4 atom stereocenters. The summed E-state index contributed by atoms with van der Waals surface area (Å²) in [6.45, 7) is 6.62.